The topological polar surface area (TPSA) is 92.1 Å². The average molecular weight is 2440 g/mol. The number of rotatable bonds is 13. The predicted molar refractivity (Wildman–Crippen MR) is 586 cm³/mol. The molecular formula is C129H88Ir3N9S3-3. The van der Waals surface area contributed by atoms with E-state index in [1.54, 1.807) is 34.0 Å². The van der Waals surface area contributed by atoms with Crippen molar-refractivity contribution in [2.45, 2.75) is 57.8 Å². The number of nitrogens with zero attached hydrogens (tertiary/aromatic N) is 9. The number of hydrogen-bond donors (Lipinski definition) is 0. The van der Waals surface area contributed by atoms with Crippen LogP contribution in [0, 0.1) is 18.2 Å². The van der Waals surface area contributed by atoms with Crippen LogP contribution in [0.25, 0.3) is 224 Å². The summed E-state index contributed by atoms with van der Waals surface area (Å²) in [5, 5.41) is 7.35. The first-order chi connectivity index (χ1) is 69.1. The minimum Gasteiger partial charge on any atom is -0.319 e. The standard InChI is InChI=1S/C48H33N2S.C45H30N5S.C36H25N2S.3Ir/c1-48(2)41-18-10-9-17-37(41)38-29-40-39-28-33(46-22-23-47(51-46)43-19-11-12-24-49-43)20-21-44(39)50(45(40)30-42(38)48)36-26-34(31-13-5-3-6-14-31)25-35(27-36)32-15-7-4-8-16-32;1-45(2)35-18-10-9-17-31(35)32-26-34-33-25-30(40-22-23-41(51-40)37-19-11-12-24-46-37)20-21-38(33)50(39(34)27-36(32)45)44-48-42(28-13-5-3-6-14-28)47-43(49-44)29-15-7-4-8-16-29;1-36(2)29-13-7-6-12-25(29)26-21-28-27-20-23(34-17-18-35(39-34)31-14-8-9-19-37-31)15-16-32(27)38(33(28)22-30(26)36)24-10-4-3-5-11-24;;;/h3-22,24-30H,1-2H3;3-22,24-27H,1-2H3;3-17,19-22H,1-2H3;;;/q3*-1;;;. The third-order valence-corrected chi connectivity index (χ3v) is 32.2. The summed E-state index contributed by atoms with van der Waals surface area (Å²) in [4.78, 5) is 35.7. The van der Waals surface area contributed by atoms with Crippen LogP contribution in [0.4, 0.5) is 0 Å². The zero-order valence-corrected chi connectivity index (χ0v) is 88.8. The number of aromatic nitrogens is 9. The van der Waals surface area contributed by atoms with Gasteiger partial charge in [-0.05, 0) is 209 Å². The molecule has 15 heteroatoms. The molecule has 144 heavy (non-hydrogen) atoms. The fourth-order valence-electron chi connectivity index (χ4n) is 21.9. The van der Waals surface area contributed by atoms with Gasteiger partial charge in [0.1, 0.15) is 0 Å². The molecule has 0 atom stereocenters. The van der Waals surface area contributed by atoms with E-state index in [1.165, 1.54) is 159 Å². The maximum absolute atomic E-state index is 5.19. The van der Waals surface area contributed by atoms with Gasteiger partial charge >= 0.3 is 0 Å². The van der Waals surface area contributed by atoms with Crippen LogP contribution in [0.1, 0.15) is 74.9 Å². The van der Waals surface area contributed by atoms with Gasteiger partial charge in [0.15, 0.2) is 11.6 Å². The van der Waals surface area contributed by atoms with E-state index in [1.807, 2.05) is 104 Å². The fourth-order valence-corrected chi connectivity index (χ4v) is 24.7. The molecule has 0 fully saturated rings. The monoisotopic (exact) mass is 2440 g/mol. The van der Waals surface area contributed by atoms with Crippen LogP contribution < -0.4 is 0 Å². The largest absolute Gasteiger partial charge is 0.319 e. The number of hydrogen-bond acceptors (Lipinski definition) is 9. The third kappa shape index (κ3) is 16.0. The summed E-state index contributed by atoms with van der Waals surface area (Å²) in [6, 6.07) is 156. The van der Waals surface area contributed by atoms with E-state index in [0.717, 1.165) is 80.8 Å². The minimum absolute atomic E-state index is 0. The summed E-state index contributed by atoms with van der Waals surface area (Å²) in [7, 11) is 0. The molecular weight excluding hydrogens is 2350 g/mol. The van der Waals surface area contributed by atoms with Crippen molar-refractivity contribution in [1.29, 1.82) is 0 Å². The summed E-state index contributed by atoms with van der Waals surface area (Å²) >= 11 is 5.19. The van der Waals surface area contributed by atoms with E-state index >= 15 is 0 Å². The Hall–Kier alpha value is -14.8. The SMILES string of the molecule is CC1(C)c2ccccc2-c2cc3c4cc(-c5c[c-]c(-c6ccccn6)s5)ccc4n(-c4cc(-c5ccccc5)cc(-c5ccccc5)c4)c3cc21.CC1(C)c2ccccc2-c2cc3c4cc(-c5c[c-]c(-c6ccccn6)s5)ccc4n(-c4ccccc4)c3cc21.CC1(C)c2ccccc2-c2cc3c4cc(-c5c[c-]c(-c6ccccn6)s5)ccc4n(-c4nc(-c5ccccc5)nc(-c5ccccc5)n4)c3cc21.[Ir].[Ir].[Ir]. The van der Waals surface area contributed by atoms with Crippen molar-refractivity contribution in [3.8, 4) is 159 Å². The van der Waals surface area contributed by atoms with Crippen LogP contribution in [-0.4, -0.2) is 43.6 Å². The van der Waals surface area contributed by atoms with Crippen molar-refractivity contribution in [2.24, 2.45) is 0 Å². The summed E-state index contributed by atoms with van der Waals surface area (Å²) in [5.74, 6) is 1.86. The van der Waals surface area contributed by atoms with Crippen LogP contribution in [0.5, 0.6) is 0 Å². The van der Waals surface area contributed by atoms with Crippen molar-refractivity contribution in [2.75, 3.05) is 0 Å². The van der Waals surface area contributed by atoms with Gasteiger partial charge in [0.25, 0.3) is 0 Å². The molecule has 0 saturated heterocycles. The number of pyridine rings is 3. The zero-order chi connectivity index (χ0) is 94.4. The number of benzene rings is 15. The molecule has 0 unspecified atom stereocenters. The van der Waals surface area contributed by atoms with E-state index in [-0.39, 0.29) is 76.6 Å². The van der Waals surface area contributed by atoms with E-state index in [2.05, 4.69) is 410 Å². The first-order valence-corrected chi connectivity index (χ1v) is 50.3. The van der Waals surface area contributed by atoms with Crippen molar-refractivity contribution >= 4 is 99.4 Å². The molecule has 0 amide bonds. The molecule has 3 aliphatic rings. The van der Waals surface area contributed by atoms with E-state index in [0.29, 0.717) is 17.6 Å². The van der Waals surface area contributed by atoms with Gasteiger partial charge < -0.3 is 24.1 Å². The second-order valence-corrected chi connectivity index (χ2v) is 41.4. The number of para-hydroxylation sites is 1. The van der Waals surface area contributed by atoms with E-state index < -0.39 is 0 Å². The molecule has 0 spiro atoms. The summed E-state index contributed by atoms with van der Waals surface area (Å²) in [5.41, 5.74) is 38.2. The van der Waals surface area contributed by atoms with Crippen molar-refractivity contribution in [1.82, 2.24) is 43.6 Å². The van der Waals surface area contributed by atoms with Gasteiger partial charge in [-0.3, -0.25) is 4.57 Å². The molecule has 28 rings (SSSR count). The Morgan fingerprint density at radius 3 is 0.868 bits per heavy atom. The second kappa shape index (κ2) is 37.5. The third-order valence-electron chi connectivity index (χ3n) is 28.9. The van der Waals surface area contributed by atoms with Gasteiger partial charge in [0.05, 0.1) is 33.1 Å². The normalized spacial score (nSPS) is 12.9. The Morgan fingerprint density at radius 2 is 0.521 bits per heavy atom. The molecule has 10 heterocycles. The van der Waals surface area contributed by atoms with Crippen LogP contribution in [0.15, 0.2) is 425 Å². The van der Waals surface area contributed by atoms with E-state index in [9.17, 15) is 0 Å². The summed E-state index contributed by atoms with van der Waals surface area (Å²) < 4.78 is 7.15. The molecule has 3 aliphatic carbocycles. The molecule has 0 bridgehead atoms. The number of fused-ring (bicyclic) bond motifs is 18. The molecule has 3 radical (unpaired) electrons. The van der Waals surface area contributed by atoms with Gasteiger partial charge in [-0.15, -0.1) is 0 Å². The Kier molecular flexibility index (Phi) is 24.2. The van der Waals surface area contributed by atoms with Crippen LogP contribution in [0.2, 0.25) is 0 Å². The van der Waals surface area contributed by atoms with Crippen LogP contribution >= 0.6 is 34.0 Å². The smallest absolute Gasteiger partial charge is 0.238 e. The molecule has 9 nitrogen and oxygen atoms in total. The van der Waals surface area contributed by atoms with Crippen molar-refractivity contribution < 1.29 is 60.3 Å². The van der Waals surface area contributed by atoms with Crippen molar-refractivity contribution in [3.05, 3.63) is 477 Å². The van der Waals surface area contributed by atoms with Gasteiger partial charge in [-0.2, -0.15) is 46.4 Å². The molecule has 697 valence electrons. The summed E-state index contributed by atoms with van der Waals surface area (Å²) in [6.07, 6.45) is 5.51. The zero-order valence-electron chi connectivity index (χ0n) is 79.2. The quantitative estimate of drug-likeness (QED) is 0.107. The predicted octanol–water partition coefficient (Wildman–Crippen LogP) is 33.9. The first kappa shape index (κ1) is 92.9. The van der Waals surface area contributed by atoms with Gasteiger partial charge in [0.2, 0.25) is 5.95 Å². The minimum atomic E-state index is -0.162. The Balaban J connectivity index is 0.000000120. The average Bonchev–Trinajstić information content (AvgIpc) is 1.55. The molecule has 0 aliphatic heterocycles. The maximum Gasteiger partial charge on any atom is 0.238 e. The van der Waals surface area contributed by atoms with Gasteiger partial charge in [0, 0.05) is 150 Å². The van der Waals surface area contributed by atoms with Gasteiger partial charge in [-0.25, -0.2) is 39.0 Å². The molecule has 0 N–H and O–H groups in total. The Morgan fingerprint density at radius 1 is 0.222 bits per heavy atom. The van der Waals surface area contributed by atoms with E-state index in [4.69, 9.17) is 15.0 Å². The fraction of sp³-hybridized carbons (Fsp3) is 0.0698. The molecule has 0 saturated carbocycles. The van der Waals surface area contributed by atoms with Crippen LogP contribution in [-0.2, 0) is 76.6 Å². The first-order valence-electron chi connectivity index (χ1n) is 47.8. The Labute approximate surface area is 888 Å². The maximum atomic E-state index is 5.19. The number of thiophene rings is 3. The van der Waals surface area contributed by atoms with Crippen molar-refractivity contribution in [3.63, 3.8) is 0 Å². The molecule has 10 aromatic heterocycles. The second-order valence-electron chi connectivity index (χ2n) is 38.2. The Bertz CT molecular complexity index is 8750. The van der Waals surface area contributed by atoms with Crippen LogP contribution in [0.3, 0.4) is 0 Å². The van der Waals surface area contributed by atoms with Gasteiger partial charge in [-0.1, -0.05) is 373 Å². The molecule has 15 aromatic carbocycles. The molecule has 25 aromatic rings. The summed E-state index contributed by atoms with van der Waals surface area (Å²) in [6.45, 7) is 14.1.